The number of rotatable bonds is 7. The maximum Gasteiger partial charge on any atom is 0.264 e. The Morgan fingerprint density at radius 2 is 1.50 bits per heavy atom. The van der Waals surface area contributed by atoms with Crippen molar-refractivity contribution in [2.45, 2.75) is 11.8 Å². The lowest BCUT2D eigenvalue weighted by molar-refractivity contribution is -0.119. The predicted octanol–water partition coefficient (Wildman–Crippen LogP) is 4.08. The van der Waals surface area contributed by atoms with Crippen LogP contribution in [0.5, 0.6) is 0 Å². The quantitative estimate of drug-likeness (QED) is 0.443. The lowest BCUT2D eigenvalue weighted by Crippen LogP contribution is -2.39. The van der Waals surface area contributed by atoms with Crippen molar-refractivity contribution in [2.24, 2.45) is 5.10 Å². The smallest absolute Gasteiger partial charge is 0.264 e. The van der Waals surface area contributed by atoms with Gasteiger partial charge in [0.25, 0.3) is 15.9 Å². The van der Waals surface area contributed by atoms with E-state index in [2.05, 4.69) is 10.5 Å². The van der Waals surface area contributed by atoms with Gasteiger partial charge in [0.15, 0.2) is 0 Å². The van der Waals surface area contributed by atoms with E-state index in [1.165, 1.54) is 12.1 Å². The van der Waals surface area contributed by atoms with E-state index >= 15 is 0 Å². The fraction of sp³-hybridized carbons (Fsp3) is 0.0909. The molecule has 30 heavy (non-hydrogen) atoms. The minimum absolute atomic E-state index is 0.0995. The van der Waals surface area contributed by atoms with E-state index in [0.29, 0.717) is 16.4 Å². The molecule has 8 heteroatoms. The van der Waals surface area contributed by atoms with Crippen LogP contribution in [0.2, 0.25) is 5.02 Å². The molecule has 3 aromatic rings. The van der Waals surface area contributed by atoms with Crippen LogP contribution in [0.1, 0.15) is 12.5 Å². The molecule has 1 amide bonds. The minimum atomic E-state index is -3.94. The van der Waals surface area contributed by atoms with E-state index in [-0.39, 0.29) is 4.90 Å². The number of carbonyl (C=O) groups is 1. The van der Waals surface area contributed by atoms with Crippen LogP contribution >= 0.6 is 11.6 Å². The molecular formula is C22H20ClN3O3S. The third kappa shape index (κ3) is 5.25. The van der Waals surface area contributed by atoms with E-state index < -0.39 is 22.5 Å². The monoisotopic (exact) mass is 441 g/mol. The molecule has 3 aromatic carbocycles. The van der Waals surface area contributed by atoms with Crippen molar-refractivity contribution in [3.8, 4) is 0 Å². The molecule has 0 radical (unpaired) electrons. The Morgan fingerprint density at radius 1 is 0.933 bits per heavy atom. The summed E-state index contributed by atoms with van der Waals surface area (Å²) in [5.74, 6) is -0.563. The fourth-order valence-electron chi connectivity index (χ4n) is 2.70. The van der Waals surface area contributed by atoms with Gasteiger partial charge in [-0.25, -0.2) is 13.8 Å². The van der Waals surface area contributed by atoms with Gasteiger partial charge >= 0.3 is 0 Å². The normalized spacial score (nSPS) is 11.7. The van der Waals surface area contributed by atoms with Gasteiger partial charge in [0.1, 0.15) is 6.54 Å². The summed E-state index contributed by atoms with van der Waals surface area (Å²) in [5, 5.41) is 4.68. The first kappa shape index (κ1) is 21.5. The van der Waals surface area contributed by atoms with Crippen LogP contribution < -0.4 is 9.73 Å². The minimum Gasteiger partial charge on any atom is -0.271 e. The first-order chi connectivity index (χ1) is 14.4. The average Bonchev–Trinajstić information content (AvgIpc) is 2.77. The second-order valence-corrected chi connectivity index (χ2v) is 8.70. The van der Waals surface area contributed by atoms with Crippen LogP contribution in [0.15, 0.2) is 94.9 Å². The van der Waals surface area contributed by atoms with Gasteiger partial charge in [-0.1, -0.05) is 60.1 Å². The SMILES string of the molecule is C/C(=N/NC(=O)CN(c1ccccc1)S(=O)(=O)c1ccccc1)c1ccc(Cl)cc1. The van der Waals surface area contributed by atoms with Gasteiger partial charge in [-0.2, -0.15) is 5.10 Å². The summed E-state index contributed by atoms with van der Waals surface area (Å²) in [7, 11) is -3.94. The first-order valence-corrected chi connectivity index (χ1v) is 10.9. The van der Waals surface area contributed by atoms with Crippen LogP contribution in [-0.2, 0) is 14.8 Å². The zero-order valence-corrected chi connectivity index (χ0v) is 17.8. The number of amides is 1. The van der Waals surface area contributed by atoms with Gasteiger partial charge in [-0.05, 0) is 48.9 Å². The van der Waals surface area contributed by atoms with E-state index in [1.54, 1.807) is 79.7 Å². The highest BCUT2D eigenvalue weighted by molar-refractivity contribution is 7.92. The summed E-state index contributed by atoms with van der Waals surface area (Å²) in [6, 6.07) is 23.5. The number of halogens is 1. The van der Waals surface area contributed by atoms with Crippen LogP contribution in [0.25, 0.3) is 0 Å². The number of sulfonamides is 1. The van der Waals surface area contributed by atoms with Gasteiger partial charge < -0.3 is 0 Å². The van der Waals surface area contributed by atoms with Crippen molar-refractivity contribution in [1.82, 2.24) is 5.43 Å². The number of para-hydroxylation sites is 1. The Kier molecular flexibility index (Phi) is 6.87. The summed E-state index contributed by atoms with van der Waals surface area (Å²) in [6.45, 7) is 1.32. The molecule has 154 valence electrons. The molecule has 1 N–H and O–H groups in total. The lowest BCUT2D eigenvalue weighted by atomic mass is 10.1. The molecular weight excluding hydrogens is 422 g/mol. The van der Waals surface area contributed by atoms with E-state index in [9.17, 15) is 13.2 Å². The Bertz CT molecular complexity index is 1130. The van der Waals surface area contributed by atoms with Gasteiger partial charge in [0.05, 0.1) is 16.3 Å². The fourth-order valence-corrected chi connectivity index (χ4v) is 4.26. The number of hydrogen-bond acceptors (Lipinski definition) is 4. The molecule has 0 atom stereocenters. The molecule has 0 saturated carbocycles. The Hall–Kier alpha value is -3.16. The zero-order chi connectivity index (χ0) is 21.6. The highest BCUT2D eigenvalue weighted by Gasteiger charge is 2.26. The molecule has 0 aliphatic carbocycles. The van der Waals surface area contributed by atoms with E-state index in [0.717, 1.165) is 9.87 Å². The van der Waals surface area contributed by atoms with E-state index in [1.807, 2.05) is 0 Å². The summed E-state index contributed by atoms with van der Waals surface area (Å²) < 4.78 is 27.4. The second kappa shape index (κ2) is 9.56. The molecule has 0 heterocycles. The number of anilines is 1. The molecule has 0 fully saturated rings. The standard InChI is InChI=1S/C22H20ClN3O3S/c1-17(18-12-14-19(23)15-13-18)24-25-22(27)16-26(20-8-4-2-5-9-20)30(28,29)21-10-6-3-7-11-21/h2-15H,16H2,1H3,(H,25,27)/b24-17-. The van der Waals surface area contributed by atoms with Gasteiger partial charge in [0, 0.05) is 5.02 Å². The number of nitrogens with zero attached hydrogens (tertiary/aromatic N) is 2. The maximum absolute atomic E-state index is 13.2. The molecule has 0 aliphatic rings. The average molecular weight is 442 g/mol. The topological polar surface area (TPSA) is 78.8 Å². The number of hydrogen-bond donors (Lipinski definition) is 1. The number of nitrogens with one attached hydrogen (secondary N) is 1. The Labute approximate surface area is 180 Å². The first-order valence-electron chi connectivity index (χ1n) is 9.10. The Morgan fingerprint density at radius 3 is 2.10 bits per heavy atom. The lowest BCUT2D eigenvalue weighted by Gasteiger charge is -2.23. The largest absolute Gasteiger partial charge is 0.271 e. The molecule has 0 aromatic heterocycles. The van der Waals surface area contributed by atoms with Crippen LogP contribution in [-0.4, -0.2) is 26.6 Å². The number of benzene rings is 3. The molecule has 0 saturated heterocycles. The summed E-state index contributed by atoms with van der Waals surface area (Å²) in [5.41, 5.74) is 4.17. The van der Waals surface area contributed by atoms with E-state index in [4.69, 9.17) is 11.6 Å². The van der Waals surface area contributed by atoms with Crippen LogP contribution in [0, 0.1) is 0 Å². The summed E-state index contributed by atoms with van der Waals surface area (Å²) >= 11 is 5.88. The summed E-state index contributed by atoms with van der Waals surface area (Å²) in [4.78, 5) is 12.6. The van der Waals surface area contributed by atoms with Crippen molar-refractivity contribution in [3.05, 3.63) is 95.5 Å². The predicted molar refractivity (Wildman–Crippen MR) is 119 cm³/mol. The zero-order valence-electron chi connectivity index (χ0n) is 16.2. The van der Waals surface area contributed by atoms with Gasteiger partial charge in [0.2, 0.25) is 0 Å². The molecule has 6 nitrogen and oxygen atoms in total. The molecule has 0 unspecified atom stereocenters. The van der Waals surface area contributed by atoms with Crippen molar-refractivity contribution in [1.29, 1.82) is 0 Å². The maximum atomic E-state index is 13.2. The van der Waals surface area contributed by atoms with Crippen molar-refractivity contribution in [3.63, 3.8) is 0 Å². The Balaban J connectivity index is 1.82. The molecule has 0 spiro atoms. The second-order valence-electron chi connectivity index (χ2n) is 6.40. The molecule has 0 aliphatic heterocycles. The van der Waals surface area contributed by atoms with Crippen molar-refractivity contribution < 1.29 is 13.2 Å². The third-order valence-electron chi connectivity index (χ3n) is 4.27. The van der Waals surface area contributed by atoms with Gasteiger partial charge in [-0.3, -0.25) is 9.10 Å². The van der Waals surface area contributed by atoms with Crippen molar-refractivity contribution in [2.75, 3.05) is 10.8 Å². The number of carbonyl (C=O) groups excluding carboxylic acids is 1. The highest BCUT2D eigenvalue weighted by Crippen LogP contribution is 2.23. The summed E-state index contributed by atoms with van der Waals surface area (Å²) in [6.07, 6.45) is 0. The van der Waals surface area contributed by atoms with Crippen molar-refractivity contribution >= 4 is 38.9 Å². The number of hydrazone groups is 1. The van der Waals surface area contributed by atoms with Crippen LogP contribution in [0.3, 0.4) is 0 Å². The molecule has 0 bridgehead atoms. The third-order valence-corrected chi connectivity index (χ3v) is 6.31. The van der Waals surface area contributed by atoms with Crippen LogP contribution in [0.4, 0.5) is 5.69 Å². The van der Waals surface area contributed by atoms with Gasteiger partial charge in [-0.15, -0.1) is 0 Å². The molecule has 3 rings (SSSR count). The highest BCUT2D eigenvalue weighted by atomic mass is 35.5.